The van der Waals surface area contributed by atoms with Gasteiger partial charge in [0.1, 0.15) is 12.4 Å². The van der Waals surface area contributed by atoms with Crippen molar-refractivity contribution in [3.05, 3.63) is 29.8 Å². The molecular weight excluding hydrogens is 254 g/mol. The number of ether oxygens (including phenoxy) is 3. The smallest absolute Gasteiger partial charge is 0.158 e. The van der Waals surface area contributed by atoms with Crippen molar-refractivity contribution < 1.29 is 14.2 Å². The van der Waals surface area contributed by atoms with Crippen LogP contribution in [0.5, 0.6) is 5.75 Å². The van der Waals surface area contributed by atoms with Gasteiger partial charge in [0.15, 0.2) is 6.29 Å². The number of para-hydroxylation sites is 1. The van der Waals surface area contributed by atoms with Crippen molar-refractivity contribution in [3.63, 3.8) is 0 Å². The van der Waals surface area contributed by atoms with E-state index in [4.69, 9.17) is 14.2 Å². The highest BCUT2D eigenvalue weighted by molar-refractivity contribution is 5.33. The summed E-state index contributed by atoms with van der Waals surface area (Å²) in [5.41, 5.74) is 1.26. The molecule has 0 atom stereocenters. The first-order valence-electron chi connectivity index (χ1n) is 7.49. The van der Waals surface area contributed by atoms with Crippen LogP contribution in [0.1, 0.15) is 25.8 Å². The second-order valence-corrected chi connectivity index (χ2v) is 4.86. The van der Waals surface area contributed by atoms with Crippen LogP contribution < -0.4 is 4.74 Å². The van der Waals surface area contributed by atoms with Crippen molar-refractivity contribution in [1.29, 1.82) is 0 Å². The normalized spacial score (nSPS) is 15.8. The highest BCUT2D eigenvalue weighted by Crippen LogP contribution is 2.22. The van der Waals surface area contributed by atoms with Gasteiger partial charge in [0.25, 0.3) is 0 Å². The lowest BCUT2D eigenvalue weighted by atomic mass is 10.2. The fourth-order valence-corrected chi connectivity index (χ4v) is 2.45. The molecule has 0 N–H and O–H groups in total. The number of fused-ring (bicyclic) bond motifs is 1. The van der Waals surface area contributed by atoms with Gasteiger partial charge in [0, 0.05) is 44.8 Å². The van der Waals surface area contributed by atoms with Crippen LogP contribution in [0.2, 0.25) is 0 Å². The first kappa shape index (κ1) is 15.3. The van der Waals surface area contributed by atoms with Gasteiger partial charge in [-0.05, 0) is 19.9 Å². The van der Waals surface area contributed by atoms with Crippen LogP contribution in [0.3, 0.4) is 0 Å². The molecule has 0 saturated carbocycles. The third-order valence-electron chi connectivity index (χ3n) is 3.42. The Labute approximate surface area is 121 Å². The maximum absolute atomic E-state index is 5.78. The van der Waals surface area contributed by atoms with Gasteiger partial charge in [0.05, 0.1) is 0 Å². The van der Waals surface area contributed by atoms with Crippen molar-refractivity contribution in [1.82, 2.24) is 4.90 Å². The number of hydrogen-bond acceptors (Lipinski definition) is 4. The summed E-state index contributed by atoms with van der Waals surface area (Å²) in [6, 6.07) is 8.27. The second kappa shape index (κ2) is 8.25. The Balaban J connectivity index is 1.87. The van der Waals surface area contributed by atoms with Crippen LogP contribution in [0, 0.1) is 0 Å². The molecule has 20 heavy (non-hydrogen) atoms. The van der Waals surface area contributed by atoms with Crippen LogP contribution in [-0.2, 0) is 16.0 Å². The van der Waals surface area contributed by atoms with Crippen LogP contribution in [0.15, 0.2) is 24.3 Å². The topological polar surface area (TPSA) is 30.9 Å². The molecule has 0 aliphatic carbocycles. The van der Waals surface area contributed by atoms with Gasteiger partial charge < -0.3 is 14.2 Å². The van der Waals surface area contributed by atoms with Gasteiger partial charge in [-0.1, -0.05) is 18.2 Å². The summed E-state index contributed by atoms with van der Waals surface area (Å²) in [6.07, 6.45) is 0.800. The third-order valence-corrected chi connectivity index (χ3v) is 3.42. The van der Waals surface area contributed by atoms with Gasteiger partial charge in [-0.3, -0.25) is 4.90 Å². The van der Waals surface area contributed by atoms with E-state index < -0.39 is 0 Å². The zero-order valence-corrected chi connectivity index (χ0v) is 12.5. The summed E-state index contributed by atoms with van der Waals surface area (Å²) in [6.45, 7) is 8.96. The SMILES string of the molecule is CCOC(CCN1CCOc2ccccc2C1)OCC. The van der Waals surface area contributed by atoms with Gasteiger partial charge in [-0.2, -0.15) is 0 Å². The molecule has 0 unspecified atom stereocenters. The summed E-state index contributed by atoms with van der Waals surface area (Å²) < 4.78 is 17.0. The van der Waals surface area contributed by atoms with E-state index in [1.807, 2.05) is 26.0 Å². The Bertz CT molecular complexity index is 391. The minimum atomic E-state index is -0.0931. The molecule has 1 aliphatic rings. The summed E-state index contributed by atoms with van der Waals surface area (Å²) >= 11 is 0. The van der Waals surface area contributed by atoms with Gasteiger partial charge in [0.2, 0.25) is 0 Å². The van der Waals surface area contributed by atoms with Gasteiger partial charge in [-0.15, -0.1) is 0 Å². The predicted octanol–water partition coefficient (Wildman–Crippen LogP) is 2.67. The highest BCUT2D eigenvalue weighted by atomic mass is 16.7. The standard InChI is InChI=1S/C16H25NO3/c1-3-18-16(19-4-2)9-10-17-11-12-20-15-8-6-5-7-14(15)13-17/h5-8,16H,3-4,9-13H2,1-2H3. The van der Waals surface area contributed by atoms with E-state index in [0.29, 0.717) is 13.2 Å². The summed E-state index contributed by atoms with van der Waals surface area (Å²) in [7, 11) is 0. The molecule has 1 heterocycles. The molecule has 2 rings (SSSR count). The Morgan fingerprint density at radius 1 is 1.20 bits per heavy atom. The quantitative estimate of drug-likeness (QED) is 0.718. The van der Waals surface area contributed by atoms with Crippen molar-refractivity contribution in [2.24, 2.45) is 0 Å². The predicted molar refractivity (Wildman–Crippen MR) is 78.9 cm³/mol. The Hall–Kier alpha value is -1.10. The maximum Gasteiger partial charge on any atom is 0.158 e. The first-order valence-corrected chi connectivity index (χ1v) is 7.49. The van der Waals surface area contributed by atoms with Gasteiger partial charge in [-0.25, -0.2) is 0 Å². The fourth-order valence-electron chi connectivity index (χ4n) is 2.45. The Kier molecular flexibility index (Phi) is 6.30. The van der Waals surface area contributed by atoms with Crippen molar-refractivity contribution in [3.8, 4) is 5.75 Å². The van der Waals surface area contributed by atoms with Crippen molar-refractivity contribution in [2.75, 3.05) is 32.9 Å². The van der Waals surface area contributed by atoms with Crippen molar-refractivity contribution >= 4 is 0 Å². The van der Waals surface area contributed by atoms with E-state index in [1.165, 1.54) is 5.56 Å². The molecule has 0 aromatic heterocycles. The Morgan fingerprint density at radius 3 is 2.70 bits per heavy atom. The fraction of sp³-hybridized carbons (Fsp3) is 0.625. The molecule has 112 valence electrons. The van der Waals surface area contributed by atoms with Crippen molar-refractivity contribution in [2.45, 2.75) is 33.1 Å². The zero-order valence-electron chi connectivity index (χ0n) is 12.5. The molecule has 0 saturated heterocycles. The molecule has 1 aromatic rings. The largest absolute Gasteiger partial charge is 0.492 e. The van der Waals surface area contributed by atoms with E-state index in [1.54, 1.807) is 0 Å². The van der Waals surface area contributed by atoms with E-state index in [9.17, 15) is 0 Å². The van der Waals surface area contributed by atoms with Gasteiger partial charge >= 0.3 is 0 Å². The van der Waals surface area contributed by atoms with E-state index in [0.717, 1.165) is 38.4 Å². The number of benzene rings is 1. The van der Waals surface area contributed by atoms with E-state index in [-0.39, 0.29) is 6.29 Å². The summed E-state index contributed by atoms with van der Waals surface area (Å²) in [5.74, 6) is 1.01. The average molecular weight is 279 g/mol. The summed E-state index contributed by atoms with van der Waals surface area (Å²) in [4.78, 5) is 2.40. The van der Waals surface area contributed by atoms with E-state index >= 15 is 0 Å². The molecular formula is C16H25NO3. The first-order chi connectivity index (χ1) is 9.83. The minimum absolute atomic E-state index is 0.0931. The molecule has 1 aromatic carbocycles. The van der Waals surface area contributed by atoms with Crippen LogP contribution >= 0.6 is 0 Å². The monoisotopic (exact) mass is 279 g/mol. The van der Waals surface area contributed by atoms with Crippen LogP contribution in [-0.4, -0.2) is 44.1 Å². The average Bonchev–Trinajstić information content (AvgIpc) is 2.67. The molecule has 0 spiro atoms. The highest BCUT2D eigenvalue weighted by Gasteiger charge is 2.16. The lowest BCUT2D eigenvalue weighted by Gasteiger charge is -2.23. The van der Waals surface area contributed by atoms with Crippen LogP contribution in [0.4, 0.5) is 0 Å². The number of nitrogens with zero attached hydrogens (tertiary/aromatic N) is 1. The minimum Gasteiger partial charge on any atom is -0.492 e. The number of rotatable bonds is 7. The lowest BCUT2D eigenvalue weighted by molar-refractivity contribution is -0.141. The number of hydrogen-bond donors (Lipinski definition) is 0. The lowest BCUT2D eigenvalue weighted by Crippen LogP contribution is -2.30. The third kappa shape index (κ3) is 4.47. The second-order valence-electron chi connectivity index (χ2n) is 4.86. The molecule has 0 bridgehead atoms. The molecule has 1 aliphatic heterocycles. The van der Waals surface area contributed by atoms with E-state index in [2.05, 4.69) is 17.0 Å². The molecule has 4 heteroatoms. The molecule has 0 amide bonds. The Morgan fingerprint density at radius 2 is 1.95 bits per heavy atom. The molecule has 0 radical (unpaired) electrons. The molecule has 0 fully saturated rings. The summed E-state index contributed by atoms with van der Waals surface area (Å²) in [5, 5.41) is 0. The maximum atomic E-state index is 5.78. The zero-order chi connectivity index (χ0) is 14.2. The molecule has 4 nitrogen and oxygen atoms in total. The van der Waals surface area contributed by atoms with Crippen LogP contribution in [0.25, 0.3) is 0 Å².